The van der Waals surface area contributed by atoms with E-state index in [0.717, 1.165) is 9.60 Å². The lowest BCUT2D eigenvalue weighted by atomic mass is 10.2. The number of halogens is 2. The molecular weight excluding hydrogens is 227 g/mol. The molecule has 0 aliphatic heterocycles. The molecule has 68 valence electrons. The summed E-state index contributed by atoms with van der Waals surface area (Å²) in [5.74, 6) is 0.0379. The van der Waals surface area contributed by atoms with Crippen LogP contribution in [0.3, 0.4) is 0 Å². The molecule has 1 aromatic carbocycles. The van der Waals surface area contributed by atoms with E-state index in [9.17, 15) is 4.39 Å². The van der Waals surface area contributed by atoms with E-state index in [2.05, 4.69) is 12.6 Å². The van der Waals surface area contributed by atoms with Gasteiger partial charge in [0, 0.05) is 15.0 Å². The van der Waals surface area contributed by atoms with Crippen LogP contribution in [0.4, 0.5) is 4.39 Å². The van der Waals surface area contributed by atoms with E-state index in [-0.39, 0.29) is 11.7 Å². The monoisotopic (exact) mass is 232 g/mol. The standard InChI is InChI=1S/C9H6ClFS2/c10-4-8-9(11)6-2-1-5(12)3-7(6)13-8/h1-3,12H,4H2. The second-order valence-electron chi connectivity index (χ2n) is 2.65. The highest BCUT2D eigenvalue weighted by molar-refractivity contribution is 7.80. The minimum absolute atomic E-state index is 0.191. The first kappa shape index (κ1) is 9.31. The summed E-state index contributed by atoms with van der Waals surface area (Å²) in [7, 11) is 0. The molecule has 0 N–H and O–H groups in total. The zero-order valence-electron chi connectivity index (χ0n) is 6.55. The number of thiophene rings is 1. The minimum Gasteiger partial charge on any atom is -0.205 e. The molecule has 0 atom stereocenters. The predicted molar refractivity (Wildman–Crippen MR) is 58.6 cm³/mol. The van der Waals surface area contributed by atoms with E-state index in [1.165, 1.54) is 11.3 Å². The van der Waals surface area contributed by atoms with Gasteiger partial charge in [-0.25, -0.2) is 4.39 Å². The van der Waals surface area contributed by atoms with Gasteiger partial charge in [-0.05, 0) is 18.2 Å². The Bertz CT molecular complexity index is 450. The van der Waals surface area contributed by atoms with Crippen LogP contribution in [0.1, 0.15) is 4.88 Å². The maximum atomic E-state index is 13.5. The van der Waals surface area contributed by atoms with Crippen LogP contribution in [0.5, 0.6) is 0 Å². The first-order valence-corrected chi connectivity index (χ1v) is 5.48. The van der Waals surface area contributed by atoms with Crippen LogP contribution in [0, 0.1) is 5.82 Å². The number of alkyl halides is 1. The maximum Gasteiger partial charge on any atom is 0.146 e. The van der Waals surface area contributed by atoms with Gasteiger partial charge in [0.05, 0.1) is 10.8 Å². The van der Waals surface area contributed by atoms with Crippen LogP contribution in [-0.4, -0.2) is 0 Å². The quantitative estimate of drug-likeness (QED) is 0.556. The molecule has 2 aromatic rings. The molecule has 0 spiro atoms. The Morgan fingerprint density at radius 1 is 1.46 bits per heavy atom. The molecule has 13 heavy (non-hydrogen) atoms. The molecule has 1 heterocycles. The Kier molecular flexibility index (Phi) is 2.49. The fraction of sp³-hybridized carbons (Fsp3) is 0.111. The van der Waals surface area contributed by atoms with Crippen LogP contribution in [0.25, 0.3) is 10.1 Å². The van der Waals surface area contributed by atoms with Gasteiger partial charge in [-0.1, -0.05) is 0 Å². The van der Waals surface area contributed by atoms with Gasteiger partial charge in [-0.2, -0.15) is 0 Å². The van der Waals surface area contributed by atoms with Gasteiger partial charge in [0.15, 0.2) is 0 Å². The lowest BCUT2D eigenvalue weighted by Crippen LogP contribution is -1.75. The zero-order chi connectivity index (χ0) is 9.42. The van der Waals surface area contributed by atoms with Gasteiger partial charge in [0.2, 0.25) is 0 Å². The van der Waals surface area contributed by atoms with Crippen molar-refractivity contribution >= 4 is 45.7 Å². The van der Waals surface area contributed by atoms with Gasteiger partial charge in [-0.3, -0.25) is 0 Å². The maximum absolute atomic E-state index is 13.5. The second kappa shape index (κ2) is 3.48. The molecule has 0 nitrogen and oxygen atoms in total. The predicted octanol–water partition coefficient (Wildman–Crippen LogP) is 4.07. The Morgan fingerprint density at radius 2 is 2.23 bits per heavy atom. The summed E-state index contributed by atoms with van der Waals surface area (Å²) in [4.78, 5) is 1.44. The first-order valence-electron chi connectivity index (χ1n) is 3.68. The fourth-order valence-electron chi connectivity index (χ4n) is 1.19. The van der Waals surface area contributed by atoms with Crippen LogP contribution < -0.4 is 0 Å². The summed E-state index contributed by atoms with van der Waals surface area (Å²) in [6.45, 7) is 0. The van der Waals surface area contributed by atoms with Crippen LogP contribution in [-0.2, 0) is 5.88 Å². The lowest BCUT2D eigenvalue weighted by molar-refractivity contribution is 0.635. The highest BCUT2D eigenvalue weighted by atomic mass is 35.5. The van der Waals surface area contributed by atoms with Crippen molar-refractivity contribution in [3.63, 3.8) is 0 Å². The average Bonchev–Trinajstić information content (AvgIpc) is 2.42. The molecule has 0 unspecified atom stereocenters. The molecule has 0 amide bonds. The van der Waals surface area contributed by atoms with Gasteiger partial charge < -0.3 is 0 Å². The fourth-order valence-corrected chi connectivity index (χ4v) is 2.74. The summed E-state index contributed by atoms with van der Waals surface area (Å²) in [6, 6.07) is 5.36. The molecule has 0 aliphatic rings. The van der Waals surface area contributed by atoms with Crippen LogP contribution in [0.2, 0.25) is 0 Å². The van der Waals surface area contributed by atoms with Gasteiger partial charge in [0.25, 0.3) is 0 Å². The highest BCUT2D eigenvalue weighted by Gasteiger charge is 2.10. The highest BCUT2D eigenvalue weighted by Crippen LogP contribution is 2.32. The van der Waals surface area contributed by atoms with Gasteiger partial charge >= 0.3 is 0 Å². The molecular formula is C9H6ClFS2. The van der Waals surface area contributed by atoms with Crippen molar-refractivity contribution in [3.05, 3.63) is 28.9 Å². The number of benzene rings is 1. The van der Waals surface area contributed by atoms with Gasteiger partial charge in [0.1, 0.15) is 5.82 Å². The zero-order valence-corrected chi connectivity index (χ0v) is 9.02. The number of hydrogen-bond donors (Lipinski definition) is 1. The number of fused-ring (bicyclic) bond motifs is 1. The molecule has 0 fully saturated rings. The number of thiol groups is 1. The Labute approximate surface area is 89.7 Å². The SMILES string of the molecule is Fc1c(CCl)sc2cc(S)ccc12. The third-order valence-corrected chi connectivity index (χ3v) is 3.63. The molecule has 2 rings (SSSR count). The van der Waals surface area contributed by atoms with E-state index in [1.807, 2.05) is 6.07 Å². The van der Waals surface area contributed by atoms with E-state index in [1.54, 1.807) is 12.1 Å². The Balaban J connectivity index is 2.76. The summed E-state index contributed by atoms with van der Waals surface area (Å²) in [6.07, 6.45) is 0. The number of rotatable bonds is 1. The minimum atomic E-state index is -0.191. The van der Waals surface area contributed by atoms with Crippen molar-refractivity contribution in [2.24, 2.45) is 0 Å². The van der Waals surface area contributed by atoms with Gasteiger partial charge in [-0.15, -0.1) is 35.6 Å². The molecule has 0 radical (unpaired) electrons. The molecule has 1 aromatic heterocycles. The van der Waals surface area contributed by atoms with Crippen LogP contribution in [0.15, 0.2) is 23.1 Å². The summed E-state index contributed by atoms with van der Waals surface area (Å²) in [5.41, 5.74) is 0. The van der Waals surface area contributed by atoms with E-state index in [0.29, 0.717) is 10.3 Å². The van der Waals surface area contributed by atoms with Crippen LogP contribution >= 0.6 is 35.6 Å². The van der Waals surface area contributed by atoms with Crippen molar-refractivity contribution in [1.29, 1.82) is 0 Å². The smallest absolute Gasteiger partial charge is 0.146 e. The van der Waals surface area contributed by atoms with Crippen molar-refractivity contribution < 1.29 is 4.39 Å². The number of hydrogen-bond acceptors (Lipinski definition) is 2. The van der Waals surface area contributed by atoms with Crippen molar-refractivity contribution in [3.8, 4) is 0 Å². The normalized spacial score (nSPS) is 11.0. The first-order chi connectivity index (χ1) is 6.22. The van der Waals surface area contributed by atoms with Crippen molar-refractivity contribution in [1.82, 2.24) is 0 Å². The van der Waals surface area contributed by atoms with Crippen molar-refractivity contribution in [2.45, 2.75) is 10.8 Å². The van der Waals surface area contributed by atoms with E-state index in [4.69, 9.17) is 11.6 Å². The third-order valence-electron chi connectivity index (χ3n) is 1.80. The average molecular weight is 233 g/mol. The Hall–Kier alpha value is -0.250. The topological polar surface area (TPSA) is 0 Å². The molecule has 0 bridgehead atoms. The second-order valence-corrected chi connectivity index (χ2v) is 4.57. The molecule has 0 saturated carbocycles. The molecule has 0 saturated heterocycles. The Morgan fingerprint density at radius 3 is 2.92 bits per heavy atom. The molecule has 0 aliphatic carbocycles. The molecule has 4 heteroatoms. The third kappa shape index (κ3) is 1.56. The van der Waals surface area contributed by atoms with Crippen molar-refractivity contribution in [2.75, 3.05) is 0 Å². The summed E-state index contributed by atoms with van der Waals surface area (Å²) < 4.78 is 14.4. The van der Waals surface area contributed by atoms with E-state index < -0.39 is 0 Å². The summed E-state index contributed by atoms with van der Waals surface area (Å²) in [5, 5.41) is 0.637. The lowest BCUT2D eigenvalue weighted by Gasteiger charge is -1.90. The largest absolute Gasteiger partial charge is 0.205 e. The summed E-state index contributed by atoms with van der Waals surface area (Å²) >= 11 is 11.2. The van der Waals surface area contributed by atoms with E-state index >= 15 is 0 Å².